The molecule has 4 heteroatoms. The van der Waals surface area contributed by atoms with Crippen molar-refractivity contribution in [1.29, 1.82) is 5.26 Å². The number of rotatable bonds is 2. The van der Waals surface area contributed by atoms with Crippen LogP contribution in [0.3, 0.4) is 0 Å². The Balaban J connectivity index is 1.70. The van der Waals surface area contributed by atoms with E-state index in [0.29, 0.717) is 23.4 Å². The molecule has 4 rings (SSSR count). The lowest BCUT2D eigenvalue weighted by Gasteiger charge is -2.10. The zero-order valence-electron chi connectivity index (χ0n) is 10.4. The molecule has 1 aromatic carbocycles. The third-order valence-electron chi connectivity index (χ3n) is 4.24. The first-order valence-corrected chi connectivity index (χ1v) is 6.64. The lowest BCUT2D eigenvalue weighted by molar-refractivity contribution is 0.695. The summed E-state index contributed by atoms with van der Waals surface area (Å²) in [6.07, 6.45) is 0. The number of benzene rings is 1. The van der Waals surface area contributed by atoms with Crippen LogP contribution in [-0.2, 0) is 0 Å². The van der Waals surface area contributed by atoms with Crippen molar-refractivity contribution in [3.8, 4) is 6.07 Å². The molecule has 2 fully saturated rings. The third kappa shape index (κ3) is 1.66. The molecule has 2 atom stereocenters. The van der Waals surface area contributed by atoms with Crippen LogP contribution in [0, 0.1) is 23.2 Å². The highest BCUT2D eigenvalue weighted by atomic mass is 15.1. The van der Waals surface area contributed by atoms with E-state index in [0.717, 1.165) is 29.8 Å². The summed E-state index contributed by atoms with van der Waals surface area (Å²) in [6.45, 7) is 2.16. The van der Waals surface area contributed by atoms with Gasteiger partial charge in [0.15, 0.2) is 0 Å². The molecule has 2 aliphatic rings. The van der Waals surface area contributed by atoms with Gasteiger partial charge in [-0.3, -0.25) is 0 Å². The SMILES string of the molecule is N#Cc1cc2ccccc2nc1NC1C2CNCC21. The maximum absolute atomic E-state index is 9.27. The van der Waals surface area contributed by atoms with Gasteiger partial charge in [-0.05, 0) is 24.0 Å². The predicted molar refractivity (Wildman–Crippen MR) is 73.7 cm³/mol. The topological polar surface area (TPSA) is 60.7 Å². The Hall–Kier alpha value is -2.12. The first kappa shape index (κ1) is 10.8. The number of para-hydroxylation sites is 1. The van der Waals surface area contributed by atoms with E-state index in [-0.39, 0.29) is 0 Å². The molecule has 0 bridgehead atoms. The van der Waals surface area contributed by atoms with Crippen LogP contribution in [0.4, 0.5) is 5.82 Å². The predicted octanol–water partition coefficient (Wildman–Crippen LogP) is 1.74. The summed E-state index contributed by atoms with van der Waals surface area (Å²) in [4.78, 5) is 4.60. The first-order valence-electron chi connectivity index (χ1n) is 6.64. The quantitative estimate of drug-likeness (QED) is 0.852. The smallest absolute Gasteiger partial charge is 0.144 e. The summed E-state index contributed by atoms with van der Waals surface area (Å²) >= 11 is 0. The zero-order chi connectivity index (χ0) is 12.8. The molecule has 2 N–H and O–H groups in total. The van der Waals surface area contributed by atoms with Crippen molar-refractivity contribution in [2.75, 3.05) is 18.4 Å². The lowest BCUT2D eigenvalue weighted by Crippen LogP contribution is -2.22. The highest BCUT2D eigenvalue weighted by Gasteiger charge is 2.53. The van der Waals surface area contributed by atoms with E-state index in [1.54, 1.807) is 0 Å². The van der Waals surface area contributed by atoms with E-state index in [2.05, 4.69) is 21.7 Å². The van der Waals surface area contributed by atoms with E-state index < -0.39 is 0 Å². The number of hydrogen-bond acceptors (Lipinski definition) is 4. The molecule has 2 aromatic rings. The van der Waals surface area contributed by atoms with Crippen molar-refractivity contribution in [2.45, 2.75) is 6.04 Å². The number of anilines is 1. The largest absolute Gasteiger partial charge is 0.366 e. The van der Waals surface area contributed by atoms with Gasteiger partial charge in [0.05, 0.1) is 11.1 Å². The van der Waals surface area contributed by atoms with Crippen LogP contribution in [0.5, 0.6) is 0 Å². The van der Waals surface area contributed by atoms with Crippen LogP contribution in [0.2, 0.25) is 0 Å². The Morgan fingerprint density at radius 1 is 1.26 bits per heavy atom. The second-order valence-corrected chi connectivity index (χ2v) is 5.35. The Morgan fingerprint density at radius 2 is 2.05 bits per heavy atom. The van der Waals surface area contributed by atoms with Crippen LogP contribution < -0.4 is 10.6 Å². The summed E-state index contributed by atoms with van der Waals surface area (Å²) in [5, 5.41) is 17.1. The maximum atomic E-state index is 9.27. The zero-order valence-corrected chi connectivity index (χ0v) is 10.4. The first-order chi connectivity index (χ1) is 9.36. The molecular weight excluding hydrogens is 236 g/mol. The molecule has 19 heavy (non-hydrogen) atoms. The summed E-state index contributed by atoms with van der Waals surface area (Å²) in [5.41, 5.74) is 1.57. The Bertz CT molecular complexity index is 678. The fourth-order valence-electron chi connectivity index (χ4n) is 3.10. The summed E-state index contributed by atoms with van der Waals surface area (Å²) in [7, 11) is 0. The van der Waals surface area contributed by atoms with Crippen molar-refractivity contribution in [3.05, 3.63) is 35.9 Å². The average molecular weight is 250 g/mol. The molecule has 1 saturated heterocycles. The van der Waals surface area contributed by atoms with Gasteiger partial charge in [0.2, 0.25) is 0 Å². The van der Waals surface area contributed by atoms with Gasteiger partial charge in [0.1, 0.15) is 11.9 Å². The third-order valence-corrected chi connectivity index (χ3v) is 4.24. The molecule has 1 saturated carbocycles. The Morgan fingerprint density at radius 3 is 2.84 bits per heavy atom. The number of aromatic nitrogens is 1. The minimum absolute atomic E-state index is 0.488. The molecule has 94 valence electrons. The van der Waals surface area contributed by atoms with Gasteiger partial charge in [0.25, 0.3) is 0 Å². The second kappa shape index (κ2) is 3.94. The van der Waals surface area contributed by atoms with E-state index >= 15 is 0 Å². The maximum Gasteiger partial charge on any atom is 0.144 e. The standard InChI is InChI=1S/C15H14N4/c16-6-10-5-9-3-1-2-4-13(9)18-15(10)19-14-11-7-17-8-12(11)14/h1-5,11-12,14,17H,7-8H2,(H,18,19). The minimum atomic E-state index is 0.488. The van der Waals surface area contributed by atoms with E-state index in [9.17, 15) is 5.26 Å². The molecule has 0 amide bonds. The molecule has 4 nitrogen and oxygen atoms in total. The monoisotopic (exact) mass is 250 g/mol. The van der Waals surface area contributed by atoms with E-state index in [1.807, 2.05) is 30.3 Å². The van der Waals surface area contributed by atoms with Crippen LogP contribution in [0.1, 0.15) is 5.56 Å². The fraction of sp³-hybridized carbons (Fsp3) is 0.333. The molecular formula is C15H14N4. The average Bonchev–Trinajstić information content (AvgIpc) is 2.88. The summed E-state index contributed by atoms with van der Waals surface area (Å²) in [6, 6.07) is 12.6. The van der Waals surface area contributed by atoms with Gasteiger partial charge < -0.3 is 10.6 Å². The molecule has 1 aliphatic heterocycles. The molecule has 1 aliphatic carbocycles. The Labute approximate surface area is 111 Å². The van der Waals surface area contributed by atoms with E-state index in [4.69, 9.17) is 0 Å². The number of nitriles is 1. The van der Waals surface area contributed by atoms with Crippen molar-refractivity contribution in [1.82, 2.24) is 10.3 Å². The van der Waals surface area contributed by atoms with Crippen molar-refractivity contribution in [3.63, 3.8) is 0 Å². The molecule has 1 aromatic heterocycles. The summed E-state index contributed by atoms with van der Waals surface area (Å²) in [5.74, 6) is 2.15. The lowest BCUT2D eigenvalue weighted by atomic mass is 10.1. The van der Waals surface area contributed by atoms with Gasteiger partial charge in [-0.25, -0.2) is 4.98 Å². The number of piperidine rings is 1. The summed E-state index contributed by atoms with van der Waals surface area (Å²) < 4.78 is 0. The number of fused-ring (bicyclic) bond motifs is 2. The number of nitrogens with one attached hydrogen (secondary N) is 2. The van der Waals surface area contributed by atoms with Gasteiger partial charge in [-0.1, -0.05) is 18.2 Å². The second-order valence-electron chi connectivity index (χ2n) is 5.35. The number of pyridine rings is 1. The van der Waals surface area contributed by atoms with Gasteiger partial charge in [-0.2, -0.15) is 5.26 Å². The van der Waals surface area contributed by atoms with Crippen LogP contribution in [0.15, 0.2) is 30.3 Å². The van der Waals surface area contributed by atoms with Crippen LogP contribution in [-0.4, -0.2) is 24.1 Å². The molecule has 2 unspecified atom stereocenters. The highest BCUT2D eigenvalue weighted by Crippen LogP contribution is 2.43. The van der Waals surface area contributed by atoms with Crippen LogP contribution >= 0.6 is 0 Å². The highest BCUT2D eigenvalue weighted by molar-refractivity contribution is 5.82. The van der Waals surface area contributed by atoms with E-state index in [1.165, 1.54) is 0 Å². The van der Waals surface area contributed by atoms with Crippen molar-refractivity contribution < 1.29 is 0 Å². The van der Waals surface area contributed by atoms with Crippen LogP contribution in [0.25, 0.3) is 10.9 Å². The van der Waals surface area contributed by atoms with Crippen molar-refractivity contribution >= 4 is 16.7 Å². The molecule has 0 radical (unpaired) electrons. The Kier molecular flexibility index (Phi) is 2.23. The van der Waals surface area contributed by atoms with Gasteiger partial charge in [-0.15, -0.1) is 0 Å². The number of hydrogen-bond donors (Lipinski definition) is 2. The fourth-order valence-corrected chi connectivity index (χ4v) is 3.10. The molecule has 2 heterocycles. The van der Waals surface area contributed by atoms with Crippen molar-refractivity contribution in [2.24, 2.45) is 11.8 Å². The van der Waals surface area contributed by atoms with Gasteiger partial charge in [0, 0.05) is 24.5 Å². The minimum Gasteiger partial charge on any atom is -0.366 e. The number of nitrogens with zero attached hydrogens (tertiary/aromatic N) is 2. The molecule has 0 spiro atoms. The normalized spacial score (nSPS) is 27.8. The van der Waals surface area contributed by atoms with Gasteiger partial charge >= 0.3 is 0 Å².